The molecule has 1 aromatic carbocycles. The molecule has 1 heterocycles. The van der Waals surface area contributed by atoms with Gasteiger partial charge in [0, 0.05) is 19.7 Å². The number of rotatable bonds is 5. The van der Waals surface area contributed by atoms with Crippen LogP contribution in [-0.4, -0.2) is 16.3 Å². The largest absolute Gasteiger partial charge is 0.366 e. The molecule has 2 rings (SSSR count). The monoisotopic (exact) mass is 230 g/mol. The molecule has 90 valence electrons. The minimum Gasteiger partial charge on any atom is -0.366 e. The van der Waals surface area contributed by atoms with Gasteiger partial charge in [-0.25, -0.2) is 0 Å². The summed E-state index contributed by atoms with van der Waals surface area (Å²) in [6.07, 6.45) is 2.71. The lowest BCUT2D eigenvalue weighted by molar-refractivity contribution is 0.768. The summed E-state index contributed by atoms with van der Waals surface area (Å²) in [5.74, 6) is 1.02. The number of hydrogen-bond donors (Lipinski definition) is 2. The van der Waals surface area contributed by atoms with E-state index in [1.165, 1.54) is 11.1 Å². The number of anilines is 1. The van der Waals surface area contributed by atoms with Crippen molar-refractivity contribution in [2.24, 2.45) is 12.8 Å². The molecular formula is C13H18N4. The lowest BCUT2D eigenvalue weighted by Gasteiger charge is -2.10. The van der Waals surface area contributed by atoms with Gasteiger partial charge in [-0.1, -0.05) is 24.3 Å². The summed E-state index contributed by atoms with van der Waals surface area (Å²) in [5, 5.41) is 7.49. The Kier molecular flexibility index (Phi) is 3.77. The van der Waals surface area contributed by atoms with Crippen LogP contribution < -0.4 is 11.1 Å². The number of aromatic nitrogens is 2. The van der Waals surface area contributed by atoms with Crippen LogP contribution >= 0.6 is 0 Å². The average molecular weight is 230 g/mol. The zero-order valence-corrected chi connectivity index (χ0v) is 10.1. The van der Waals surface area contributed by atoms with E-state index in [4.69, 9.17) is 5.73 Å². The summed E-state index contributed by atoms with van der Waals surface area (Å²) in [6, 6.07) is 10.3. The van der Waals surface area contributed by atoms with Gasteiger partial charge < -0.3 is 11.1 Å². The first kappa shape index (κ1) is 11.7. The van der Waals surface area contributed by atoms with E-state index in [1.807, 2.05) is 17.8 Å². The first-order chi connectivity index (χ1) is 8.31. The number of nitrogens with zero attached hydrogens (tertiary/aromatic N) is 2. The highest BCUT2D eigenvalue weighted by Gasteiger charge is 2.02. The molecule has 4 nitrogen and oxygen atoms in total. The van der Waals surface area contributed by atoms with Gasteiger partial charge in [0.25, 0.3) is 0 Å². The first-order valence-electron chi connectivity index (χ1n) is 5.80. The lowest BCUT2D eigenvalue weighted by atomic mass is 10.0. The highest BCUT2D eigenvalue weighted by molar-refractivity contribution is 5.37. The molecule has 17 heavy (non-hydrogen) atoms. The van der Waals surface area contributed by atoms with Gasteiger partial charge in [0.2, 0.25) is 0 Å². The quantitative estimate of drug-likeness (QED) is 0.819. The molecule has 0 amide bonds. The Labute approximate surface area is 101 Å². The zero-order chi connectivity index (χ0) is 12.1. The van der Waals surface area contributed by atoms with E-state index in [0.29, 0.717) is 6.54 Å². The van der Waals surface area contributed by atoms with E-state index in [-0.39, 0.29) is 0 Å². The second kappa shape index (κ2) is 5.50. The van der Waals surface area contributed by atoms with Crippen molar-refractivity contribution in [3.63, 3.8) is 0 Å². The van der Waals surface area contributed by atoms with Crippen LogP contribution in [0.25, 0.3) is 0 Å². The van der Waals surface area contributed by atoms with Crippen molar-refractivity contribution >= 4 is 5.82 Å². The van der Waals surface area contributed by atoms with E-state index in [0.717, 1.165) is 18.8 Å². The SMILES string of the molecule is Cn1nccc1NCc1ccccc1CCN. The minimum absolute atomic E-state index is 0.683. The molecule has 4 heteroatoms. The fourth-order valence-electron chi connectivity index (χ4n) is 1.86. The van der Waals surface area contributed by atoms with Crippen molar-refractivity contribution in [1.82, 2.24) is 9.78 Å². The minimum atomic E-state index is 0.683. The first-order valence-corrected chi connectivity index (χ1v) is 5.80. The number of aryl methyl sites for hydroxylation is 1. The number of nitrogens with two attached hydrogens (primary N) is 1. The Morgan fingerprint density at radius 1 is 1.24 bits per heavy atom. The fourth-order valence-corrected chi connectivity index (χ4v) is 1.86. The summed E-state index contributed by atoms with van der Waals surface area (Å²) >= 11 is 0. The third-order valence-electron chi connectivity index (χ3n) is 2.81. The van der Waals surface area contributed by atoms with Gasteiger partial charge in [-0.05, 0) is 24.1 Å². The van der Waals surface area contributed by atoms with Gasteiger partial charge in [0.05, 0.1) is 6.20 Å². The van der Waals surface area contributed by atoms with Crippen molar-refractivity contribution in [1.29, 1.82) is 0 Å². The van der Waals surface area contributed by atoms with Crippen molar-refractivity contribution in [3.05, 3.63) is 47.7 Å². The molecule has 0 aliphatic carbocycles. The van der Waals surface area contributed by atoms with Gasteiger partial charge >= 0.3 is 0 Å². The van der Waals surface area contributed by atoms with Crippen molar-refractivity contribution in [3.8, 4) is 0 Å². The maximum Gasteiger partial charge on any atom is 0.124 e. The Bertz CT molecular complexity index is 476. The fraction of sp³-hybridized carbons (Fsp3) is 0.308. The Morgan fingerprint density at radius 3 is 2.65 bits per heavy atom. The van der Waals surface area contributed by atoms with Crippen LogP contribution in [0.1, 0.15) is 11.1 Å². The van der Waals surface area contributed by atoms with Crippen molar-refractivity contribution in [2.75, 3.05) is 11.9 Å². The van der Waals surface area contributed by atoms with Crippen LogP contribution in [-0.2, 0) is 20.0 Å². The normalized spacial score (nSPS) is 10.5. The molecule has 0 fully saturated rings. The summed E-state index contributed by atoms with van der Waals surface area (Å²) in [4.78, 5) is 0. The second-order valence-electron chi connectivity index (χ2n) is 4.00. The molecule has 0 bridgehead atoms. The lowest BCUT2D eigenvalue weighted by Crippen LogP contribution is -2.09. The van der Waals surface area contributed by atoms with E-state index in [1.54, 1.807) is 6.20 Å². The van der Waals surface area contributed by atoms with E-state index in [9.17, 15) is 0 Å². The molecule has 0 spiro atoms. The molecule has 0 atom stereocenters. The van der Waals surface area contributed by atoms with Gasteiger partial charge in [0.15, 0.2) is 0 Å². The number of benzene rings is 1. The summed E-state index contributed by atoms with van der Waals surface area (Å²) in [7, 11) is 1.92. The van der Waals surface area contributed by atoms with Crippen LogP contribution in [0.4, 0.5) is 5.82 Å². The second-order valence-corrected chi connectivity index (χ2v) is 4.00. The Morgan fingerprint density at radius 2 is 2.00 bits per heavy atom. The zero-order valence-electron chi connectivity index (χ0n) is 10.1. The molecule has 0 radical (unpaired) electrons. The van der Waals surface area contributed by atoms with Crippen LogP contribution in [0.2, 0.25) is 0 Å². The van der Waals surface area contributed by atoms with Crippen LogP contribution in [0.3, 0.4) is 0 Å². The van der Waals surface area contributed by atoms with Gasteiger partial charge in [-0.2, -0.15) is 5.10 Å². The molecule has 0 unspecified atom stereocenters. The van der Waals surface area contributed by atoms with E-state index >= 15 is 0 Å². The molecule has 3 N–H and O–H groups in total. The smallest absolute Gasteiger partial charge is 0.124 e. The third kappa shape index (κ3) is 2.85. The predicted molar refractivity (Wildman–Crippen MR) is 69.7 cm³/mol. The molecule has 0 aliphatic heterocycles. The predicted octanol–water partition coefficient (Wildman–Crippen LogP) is 1.53. The molecule has 2 aromatic rings. The number of hydrogen-bond acceptors (Lipinski definition) is 3. The van der Waals surface area contributed by atoms with Gasteiger partial charge in [-0.3, -0.25) is 4.68 Å². The highest BCUT2D eigenvalue weighted by atomic mass is 15.3. The van der Waals surface area contributed by atoms with Crippen molar-refractivity contribution in [2.45, 2.75) is 13.0 Å². The standard InChI is InChI=1S/C13H18N4/c1-17-13(7-9-16-17)15-10-12-5-3-2-4-11(12)6-8-14/h2-5,7,9,15H,6,8,10,14H2,1H3. The maximum atomic E-state index is 5.61. The van der Waals surface area contributed by atoms with Gasteiger partial charge in [0.1, 0.15) is 5.82 Å². The van der Waals surface area contributed by atoms with Crippen LogP contribution in [0.5, 0.6) is 0 Å². The highest BCUT2D eigenvalue weighted by Crippen LogP contribution is 2.12. The molecule has 0 saturated heterocycles. The molecular weight excluding hydrogens is 212 g/mol. The Balaban J connectivity index is 2.06. The van der Waals surface area contributed by atoms with Crippen LogP contribution in [0.15, 0.2) is 36.5 Å². The number of nitrogens with one attached hydrogen (secondary N) is 1. The van der Waals surface area contributed by atoms with Gasteiger partial charge in [-0.15, -0.1) is 0 Å². The molecule has 1 aromatic heterocycles. The molecule has 0 saturated carbocycles. The summed E-state index contributed by atoms with van der Waals surface area (Å²) in [6.45, 7) is 1.48. The maximum absolute atomic E-state index is 5.61. The summed E-state index contributed by atoms with van der Waals surface area (Å²) in [5.41, 5.74) is 8.21. The molecule has 0 aliphatic rings. The summed E-state index contributed by atoms with van der Waals surface area (Å²) < 4.78 is 1.82. The topological polar surface area (TPSA) is 55.9 Å². The van der Waals surface area contributed by atoms with Crippen molar-refractivity contribution < 1.29 is 0 Å². The average Bonchev–Trinajstić information content (AvgIpc) is 2.74. The van der Waals surface area contributed by atoms with E-state index in [2.05, 4.69) is 34.7 Å². The third-order valence-corrected chi connectivity index (χ3v) is 2.81. The Hall–Kier alpha value is -1.81. The van der Waals surface area contributed by atoms with Crippen LogP contribution in [0, 0.1) is 0 Å². The van der Waals surface area contributed by atoms with E-state index < -0.39 is 0 Å².